The van der Waals surface area contributed by atoms with E-state index < -0.39 is 0 Å². The average molecular weight is 332 g/mol. The molecule has 0 aliphatic carbocycles. The van der Waals surface area contributed by atoms with Crippen LogP contribution in [0.5, 0.6) is 5.75 Å². The predicted octanol–water partition coefficient (Wildman–Crippen LogP) is 4.79. The second-order valence-corrected chi connectivity index (χ2v) is 6.11. The van der Waals surface area contributed by atoms with Crippen LogP contribution < -0.4 is 10.2 Å². The highest BCUT2D eigenvalue weighted by molar-refractivity contribution is 7.22. The second-order valence-electron chi connectivity index (χ2n) is 4.64. The summed E-state index contributed by atoms with van der Waals surface area (Å²) >= 11 is 7.61. The van der Waals surface area contributed by atoms with Crippen LogP contribution in [-0.4, -0.2) is 17.8 Å². The number of fused-ring (bicyclic) bond motifs is 1. The van der Waals surface area contributed by atoms with Crippen LogP contribution in [-0.2, 0) is 0 Å². The number of halogens is 1. The third-order valence-corrected chi connectivity index (χ3v) is 4.34. The first-order valence-corrected chi connectivity index (χ1v) is 7.86. The molecule has 0 bridgehead atoms. The Bertz CT molecular complexity index is 811. The normalized spacial score (nSPS) is 11.7. The molecule has 2 aromatic carbocycles. The largest absolute Gasteiger partial charge is 0.496 e. The molecule has 0 saturated heterocycles. The number of ether oxygens (including phenoxy) is 1. The van der Waals surface area contributed by atoms with Crippen molar-refractivity contribution in [3.63, 3.8) is 0 Å². The molecule has 0 amide bonds. The van der Waals surface area contributed by atoms with Crippen LogP contribution in [0.25, 0.3) is 10.2 Å². The summed E-state index contributed by atoms with van der Waals surface area (Å²) in [7, 11) is 1.63. The molecule has 6 heteroatoms. The Morgan fingerprint density at radius 3 is 2.86 bits per heavy atom. The van der Waals surface area contributed by atoms with Gasteiger partial charge in [-0.15, -0.1) is 0 Å². The quantitative estimate of drug-likeness (QED) is 0.552. The Morgan fingerprint density at radius 2 is 2.09 bits per heavy atom. The molecule has 0 aliphatic rings. The van der Waals surface area contributed by atoms with Gasteiger partial charge in [-0.25, -0.2) is 4.98 Å². The fourth-order valence-electron chi connectivity index (χ4n) is 2.07. The maximum Gasteiger partial charge on any atom is 0.204 e. The van der Waals surface area contributed by atoms with Crippen LogP contribution >= 0.6 is 22.9 Å². The Labute approximate surface area is 137 Å². The zero-order valence-corrected chi connectivity index (χ0v) is 13.7. The first-order valence-electron chi connectivity index (χ1n) is 6.67. The van der Waals surface area contributed by atoms with E-state index in [1.54, 1.807) is 24.5 Å². The average Bonchev–Trinajstić information content (AvgIpc) is 2.95. The van der Waals surface area contributed by atoms with Gasteiger partial charge in [-0.2, -0.15) is 5.10 Å². The highest BCUT2D eigenvalue weighted by Gasteiger charge is 2.08. The van der Waals surface area contributed by atoms with Crippen molar-refractivity contribution >= 4 is 44.0 Å². The molecule has 3 rings (SSSR count). The van der Waals surface area contributed by atoms with Gasteiger partial charge in [-0.05, 0) is 37.3 Å². The van der Waals surface area contributed by atoms with Crippen molar-refractivity contribution in [1.29, 1.82) is 0 Å². The SMILES string of the molecule is COc1ccc(Cl)cc1/C(C)=N\Nc1nc2ccccc2s1. The lowest BCUT2D eigenvalue weighted by Gasteiger charge is -2.08. The minimum atomic E-state index is 0.644. The molecular formula is C16H14ClN3OS. The van der Waals surface area contributed by atoms with Crippen LogP contribution in [0.15, 0.2) is 47.6 Å². The van der Waals surface area contributed by atoms with E-state index in [4.69, 9.17) is 16.3 Å². The first kappa shape index (κ1) is 14.8. The molecule has 0 atom stereocenters. The van der Waals surface area contributed by atoms with Gasteiger partial charge in [0.05, 0.1) is 23.0 Å². The van der Waals surface area contributed by atoms with Gasteiger partial charge in [0.1, 0.15) is 5.75 Å². The molecule has 0 radical (unpaired) electrons. The number of rotatable bonds is 4. The molecule has 0 spiro atoms. The van der Waals surface area contributed by atoms with Gasteiger partial charge in [0, 0.05) is 10.6 Å². The molecule has 22 heavy (non-hydrogen) atoms. The maximum atomic E-state index is 6.05. The number of nitrogens with zero attached hydrogens (tertiary/aromatic N) is 2. The standard InChI is InChI=1S/C16H14ClN3OS/c1-10(12-9-11(17)7-8-14(12)21-2)19-20-16-18-13-5-3-4-6-15(13)22-16/h3-9H,1-2H3,(H,18,20)/b19-10-. The molecule has 112 valence electrons. The minimum absolute atomic E-state index is 0.644. The Kier molecular flexibility index (Phi) is 4.27. The van der Waals surface area contributed by atoms with Gasteiger partial charge in [0.25, 0.3) is 0 Å². The van der Waals surface area contributed by atoms with Crippen molar-refractivity contribution in [3.8, 4) is 5.75 Å². The Morgan fingerprint density at radius 1 is 1.27 bits per heavy atom. The van der Waals surface area contributed by atoms with E-state index in [-0.39, 0.29) is 0 Å². The third kappa shape index (κ3) is 3.05. The zero-order valence-electron chi connectivity index (χ0n) is 12.1. The summed E-state index contributed by atoms with van der Waals surface area (Å²) in [6, 6.07) is 13.4. The highest BCUT2D eigenvalue weighted by atomic mass is 35.5. The number of benzene rings is 2. The summed E-state index contributed by atoms with van der Waals surface area (Å²) in [6.07, 6.45) is 0. The minimum Gasteiger partial charge on any atom is -0.496 e. The monoisotopic (exact) mass is 331 g/mol. The number of thiazole rings is 1. The summed E-state index contributed by atoms with van der Waals surface area (Å²) in [5.41, 5.74) is 5.59. The van der Waals surface area contributed by atoms with Gasteiger partial charge in [-0.1, -0.05) is 35.1 Å². The molecule has 1 heterocycles. The van der Waals surface area contributed by atoms with Gasteiger partial charge in [0.15, 0.2) is 0 Å². The molecule has 0 fully saturated rings. The van der Waals surface area contributed by atoms with Crippen molar-refractivity contribution in [3.05, 3.63) is 53.1 Å². The molecule has 0 unspecified atom stereocenters. The fourth-order valence-corrected chi connectivity index (χ4v) is 3.06. The first-order chi connectivity index (χ1) is 10.7. The van der Waals surface area contributed by atoms with Crippen LogP contribution in [0.2, 0.25) is 5.02 Å². The summed E-state index contributed by atoms with van der Waals surface area (Å²) in [5.74, 6) is 0.733. The van der Waals surface area contributed by atoms with Crippen LogP contribution in [0.1, 0.15) is 12.5 Å². The van der Waals surface area contributed by atoms with E-state index in [9.17, 15) is 0 Å². The van der Waals surface area contributed by atoms with E-state index in [0.717, 1.165) is 32.4 Å². The summed E-state index contributed by atoms with van der Waals surface area (Å²) < 4.78 is 6.46. The van der Waals surface area contributed by atoms with E-state index in [2.05, 4.69) is 15.5 Å². The number of methoxy groups -OCH3 is 1. The van der Waals surface area contributed by atoms with Crippen LogP contribution in [0, 0.1) is 0 Å². The Hall–Kier alpha value is -2.11. The molecule has 0 aliphatic heterocycles. The molecule has 3 aromatic rings. The van der Waals surface area contributed by atoms with Crippen molar-refractivity contribution in [2.75, 3.05) is 12.5 Å². The van der Waals surface area contributed by atoms with Crippen molar-refractivity contribution in [2.45, 2.75) is 6.92 Å². The van der Waals surface area contributed by atoms with Crippen LogP contribution in [0.4, 0.5) is 5.13 Å². The van der Waals surface area contributed by atoms with Gasteiger partial charge in [-0.3, -0.25) is 5.43 Å². The number of hydrazone groups is 1. The molecule has 1 aromatic heterocycles. The molecule has 1 N–H and O–H groups in total. The van der Waals surface area contributed by atoms with E-state index >= 15 is 0 Å². The molecule has 4 nitrogen and oxygen atoms in total. The van der Waals surface area contributed by atoms with Gasteiger partial charge in [0.2, 0.25) is 5.13 Å². The van der Waals surface area contributed by atoms with Crippen molar-refractivity contribution in [2.24, 2.45) is 5.10 Å². The number of hydrogen-bond donors (Lipinski definition) is 1. The smallest absolute Gasteiger partial charge is 0.204 e. The second kappa shape index (κ2) is 6.34. The van der Waals surface area contributed by atoms with Crippen LogP contribution in [0.3, 0.4) is 0 Å². The highest BCUT2D eigenvalue weighted by Crippen LogP contribution is 2.26. The van der Waals surface area contributed by atoms with E-state index in [1.165, 1.54) is 0 Å². The number of hydrogen-bond acceptors (Lipinski definition) is 5. The van der Waals surface area contributed by atoms with Gasteiger partial charge >= 0.3 is 0 Å². The van der Waals surface area contributed by atoms with E-state index in [1.807, 2.05) is 43.3 Å². The maximum absolute atomic E-state index is 6.05. The Balaban J connectivity index is 1.87. The van der Waals surface area contributed by atoms with E-state index in [0.29, 0.717) is 5.02 Å². The predicted molar refractivity (Wildman–Crippen MR) is 93.5 cm³/mol. The fraction of sp³-hybridized carbons (Fsp3) is 0.125. The lowest BCUT2D eigenvalue weighted by atomic mass is 10.1. The lowest BCUT2D eigenvalue weighted by molar-refractivity contribution is 0.414. The number of anilines is 1. The number of para-hydroxylation sites is 1. The summed E-state index contributed by atoms with van der Waals surface area (Å²) in [5, 5.41) is 5.78. The molecule has 0 saturated carbocycles. The third-order valence-electron chi connectivity index (χ3n) is 3.16. The van der Waals surface area contributed by atoms with Gasteiger partial charge < -0.3 is 4.74 Å². The van der Waals surface area contributed by atoms with Crippen molar-refractivity contribution in [1.82, 2.24) is 4.98 Å². The zero-order chi connectivity index (χ0) is 15.5. The summed E-state index contributed by atoms with van der Waals surface area (Å²) in [6.45, 7) is 1.90. The lowest BCUT2D eigenvalue weighted by Crippen LogP contribution is -2.02. The number of aromatic nitrogens is 1. The topological polar surface area (TPSA) is 46.5 Å². The molecular weight excluding hydrogens is 318 g/mol. The van der Waals surface area contributed by atoms with Crippen molar-refractivity contribution < 1.29 is 4.74 Å². The summed E-state index contributed by atoms with van der Waals surface area (Å²) in [4.78, 5) is 4.48. The number of nitrogens with one attached hydrogen (secondary N) is 1.